The predicted octanol–water partition coefficient (Wildman–Crippen LogP) is 2.34. The van der Waals surface area contributed by atoms with Gasteiger partial charge in [0.05, 0.1) is 9.46 Å². The Balaban J connectivity index is 2.82. The summed E-state index contributed by atoms with van der Waals surface area (Å²) in [4.78, 5) is 0.246. The van der Waals surface area contributed by atoms with Crippen LogP contribution in [0.2, 0.25) is 0 Å². The first-order valence-electron chi connectivity index (χ1n) is 3.89. The highest BCUT2D eigenvalue weighted by molar-refractivity contribution is 9.10. The second-order valence-corrected chi connectivity index (χ2v) is 4.18. The standard InChI is InChI=1S/C7H7BrF3N3S/c8-4-3-14(2-1-5(12)15)13-6(4)7(9,10)11/h3H,1-2H2,(H2,12,15). The van der Waals surface area contributed by atoms with Crippen molar-refractivity contribution in [2.45, 2.75) is 19.1 Å². The van der Waals surface area contributed by atoms with Crippen LogP contribution in [-0.4, -0.2) is 14.8 Å². The molecule has 1 rings (SSSR count). The molecule has 0 saturated heterocycles. The molecule has 1 aromatic rings. The average Bonchev–Trinajstić information content (AvgIpc) is 2.42. The third-order valence-corrected chi connectivity index (χ3v) is 2.36. The van der Waals surface area contributed by atoms with Crippen LogP contribution in [0, 0.1) is 0 Å². The Bertz CT molecular complexity index is 374. The van der Waals surface area contributed by atoms with Crippen molar-refractivity contribution in [2.24, 2.45) is 5.73 Å². The lowest BCUT2D eigenvalue weighted by molar-refractivity contribution is -0.142. The molecule has 0 saturated carbocycles. The summed E-state index contributed by atoms with van der Waals surface area (Å²) in [5.74, 6) is 0. The summed E-state index contributed by atoms with van der Waals surface area (Å²) < 4.78 is 38.0. The zero-order chi connectivity index (χ0) is 11.6. The quantitative estimate of drug-likeness (QED) is 0.872. The summed E-state index contributed by atoms with van der Waals surface area (Å²) >= 11 is 7.40. The number of alkyl halides is 3. The van der Waals surface area contributed by atoms with E-state index in [0.717, 1.165) is 4.68 Å². The molecular weight excluding hydrogens is 295 g/mol. The fourth-order valence-electron chi connectivity index (χ4n) is 0.928. The maximum absolute atomic E-state index is 12.3. The molecule has 0 atom stereocenters. The number of nitrogens with zero attached hydrogens (tertiary/aromatic N) is 2. The molecule has 84 valence electrons. The molecule has 1 heterocycles. The van der Waals surface area contributed by atoms with Crippen LogP contribution < -0.4 is 5.73 Å². The van der Waals surface area contributed by atoms with Crippen LogP contribution >= 0.6 is 28.1 Å². The Morgan fingerprint density at radius 2 is 2.20 bits per heavy atom. The van der Waals surface area contributed by atoms with Crippen LogP contribution in [-0.2, 0) is 12.7 Å². The highest BCUT2D eigenvalue weighted by atomic mass is 79.9. The lowest BCUT2D eigenvalue weighted by Crippen LogP contribution is -2.13. The summed E-state index contributed by atoms with van der Waals surface area (Å²) in [5, 5.41) is 3.38. The molecule has 0 radical (unpaired) electrons. The van der Waals surface area contributed by atoms with Gasteiger partial charge in [-0.2, -0.15) is 18.3 Å². The van der Waals surface area contributed by atoms with Gasteiger partial charge in [-0.25, -0.2) is 0 Å². The van der Waals surface area contributed by atoms with Crippen molar-refractivity contribution in [2.75, 3.05) is 0 Å². The van der Waals surface area contributed by atoms with Gasteiger partial charge in [-0.15, -0.1) is 0 Å². The first-order chi connectivity index (χ1) is 6.80. The summed E-state index contributed by atoms with van der Waals surface area (Å²) in [5.41, 5.74) is 4.29. The largest absolute Gasteiger partial charge is 0.436 e. The first kappa shape index (κ1) is 12.4. The Kier molecular flexibility index (Phi) is 3.72. The lowest BCUT2D eigenvalue weighted by atomic mass is 10.4. The van der Waals surface area contributed by atoms with Crippen LogP contribution in [0.3, 0.4) is 0 Å². The molecule has 2 N–H and O–H groups in total. The highest BCUT2D eigenvalue weighted by Crippen LogP contribution is 2.33. The molecule has 8 heteroatoms. The van der Waals surface area contributed by atoms with Gasteiger partial charge >= 0.3 is 6.18 Å². The van der Waals surface area contributed by atoms with Crippen LogP contribution in [0.25, 0.3) is 0 Å². The normalized spacial score (nSPS) is 11.7. The number of aromatic nitrogens is 2. The van der Waals surface area contributed by atoms with Crippen LogP contribution in [0.5, 0.6) is 0 Å². The third-order valence-electron chi connectivity index (χ3n) is 1.57. The van der Waals surface area contributed by atoms with E-state index in [9.17, 15) is 13.2 Å². The number of rotatable bonds is 3. The number of nitrogens with two attached hydrogens (primary N) is 1. The second kappa shape index (κ2) is 4.48. The summed E-state index contributed by atoms with van der Waals surface area (Å²) in [6.45, 7) is 0.240. The van der Waals surface area contributed by atoms with Gasteiger partial charge in [0.2, 0.25) is 0 Å². The molecule has 0 aliphatic carbocycles. The van der Waals surface area contributed by atoms with Crippen LogP contribution in [0.15, 0.2) is 10.7 Å². The summed E-state index contributed by atoms with van der Waals surface area (Å²) in [6.07, 6.45) is -2.88. The minimum atomic E-state index is -4.45. The van der Waals surface area contributed by atoms with Gasteiger partial charge in [-0.1, -0.05) is 12.2 Å². The molecule has 0 aliphatic heterocycles. The van der Waals surface area contributed by atoms with E-state index in [-0.39, 0.29) is 16.0 Å². The molecule has 0 aromatic carbocycles. The molecule has 0 amide bonds. The van der Waals surface area contributed by atoms with Crippen molar-refractivity contribution in [1.29, 1.82) is 0 Å². The fourth-order valence-corrected chi connectivity index (χ4v) is 1.56. The molecule has 3 nitrogen and oxygen atoms in total. The monoisotopic (exact) mass is 301 g/mol. The van der Waals surface area contributed by atoms with E-state index in [1.807, 2.05) is 0 Å². The van der Waals surface area contributed by atoms with Gasteiger partial charge in [0.1, 0.15) is 0 Å². The lowest BCUT2D eigenvalue weighted by Gasteiger charge is -2.02. The van der Waals surface area contributed by atoms with E-state index in [1.54, 1.807) is 0 Å². The van der Waals surface area contributed by atoms with Gasteiger partial charge in [-0.05, 0) is 15.9 Å². The zero-order valence-electron chi connectivity index (χ0n) is 7.38. The van der Waals surface area contributed by atoms with E-state index in [4.69, 9.17) is 5.73 Å². The van der Waals surface area contributed by atoms with E-state index in [1.165, 1.54) is 6.20 Å². The number of hydrogen-bond acceptors (Lipinski definition) is 2. The maximum atomic E-state index is 12.3. The van der Waals surface area contributed by atoms with Crippen molar-refractivity contribution in [1.82, 2.24) is 9.78 Å². The molecule has 0 aliphatic rings. The molecule has 15 heavy (non-hydrogen) atoms. The number of aryl methyl sites for hydroxylation is 1. The van der Waals surface area contributed by atoms with Crippen molar-refractivity contribution in [3.05, 3.63) is 16.4 Å². The maximum Gasteiger partial charge on any atom is 0.436 e. The number of thiocarbonyl (C=S) groups is 1. The first-order valence-corrected chi connectivity index (χ1v) is 5.09. The van der Waals surface area contributed by atoms with E-state index in [0.29, 0.717) is 6.42 Å². The van der Waals surface area contributed by atoms with Crippen LogP contribution in [0.1, 0.15) is 12.1 Å². The van der Waals surface area contributed by atoms with Crippen molar-refractivity contribution >= 4 is 33.1 Å². The third kappa shape index (κ3) is 3.45. The van der Waals surface area contributed by atoms with Gasteiger partial charge in [0, 0.05) is 19.2 Å². The molecule has 0 unspecified atom stereocenters. The fraction of sp³-hybridized carbons (Fsp3) is 0.429. The second-order valence-electron chi connectivity index (χ2n) is 2.80. The predicted molar refractivity (Wildman–Crippen MR) is 56.3 cm³/mol. The van der Waals surface area contributed by atoms with Gasteiger partial charge in [0.15, 0.2) is 5.69 Å². The topological polar surface area (TPSA) is 43.8 Å². The highest BCUT2D eigenvalue weighted by Gasteiger charge is 2.36. The van der Waals surface area contributed by atoms with E-state index >= 15 is 0 Å². The van der Waals surface area contributed by atoms with Crippen molar-refractivity contribution in [3.8, 4) is 0 Å². The Hall–Kier alpha value is -0.630. The zero-order valence-corrected chi connectivity index (χ0v) is 9.79. The summed E-state index contributed by atoms with van der Waals surface area (Å²) in [6, 6.07) is 0. The number of hydrogen-bond donors (Lipinski definition) is 1. The van der Waals surface area contributed by atoms with E-state index in [2.05, 4.69) is 33.2 Å². The Morgan fingerprint density at radius 1 is 1.60 bits per heavy atom. The Labute approximate surface area is 97.6 Å². The van der Waals surface area contributed by atoms with Crippen molar-refractivity contribution < 1.29 is 13.2 Å². The smallest absolute Gasteiger partial charge is 0.393 e. The van der Waals surface area contributed by atoms with Gasteiger partial charge in [-0.3, -0.25) is 4.68 Å². The van der Waals surface area contributed by atoms with Crippen LogP contribution in [0.4, 0.5) is 13.2 Å². The molecule has 0 spiro atoms. The molecule has 1 aromatic heterocycles. The van der Waals surface area contributed by atoms with Gasteiger partial charge < -0.3 is 5.73 Å². The summed E-state index contributed by atoms with van der Waals surface area (Å²) in [7, 11) is 0. The SMILES string of the molecule is NC(=S)CCn1cc(Br)c(C(F)(F)F)n1. The minimum absolute atomic E-state index is 0.0852. The van der Waals surface area contributed by atoms with Crippen molar-refractivity contribution in [3.63, 3.8) is 0 Å². The van der Waals surface area contributed by atoms with E-state index < -0.39 is 11.9 Å². The average molecular weight is 302 g/mol. The molecule has 0 fully saturated rings. The minimum Gasteiger partial charge on any atom is -0.393 e. The Morgan fingerprint density at radius 3 is 2.60 bits per heavy atom. The number of halogens is 4. The molecule has 0 bridgehead atoms. The molecular formula is C7H7BrF3N3S. The van der Waals surface area contributed by atoms with Gasteiger partial charge in [0.25, 0.3) is 0 Å².